The lowest BCUT2D eigenvalue weighted by molar-refractivity contribution is -0.140. The third-order valence-electron chi connectivity index (χ3n) is 5.19. The molecular formula is C24H26ClNO5. The van der Waals surface area contributed by atoms with Crippen molar-refractivity contribution in [2.24, 2.45) is 0 Å². The average molecular weight is 444 g/mol. The predicted octanol–water partition coefficient (Wildman–Crippen LogP) is 4.51. The maximum Gasteiger partial charge on any atom is 0.295 e. The molecule has 1 aliphatic rings. The van der Waals surface area contributed by atoms with E-state index in [-0.39, 0.29) is 11.3 Å². The van der Waals surface area contributed by atoms with Gasteiger partial charge in [-0.3, -0.25) is 9.59 Å². The van der Waals surface area contributed by atoms with Crippen molar-refractivity contribution in [1.29, 1.82) is 0 Å². The highest BCUT2D eigenvalue weighted by molar-refractivity contribution is 6.46. The van der Waals surface area contributed by atoms with Gasteiger partial charge in [-0.25, -0.2) is 0 Å². The maximum atomic E-state index is 13.0. The van der Waals surface area contributed by atoms with Crippen LogP contribution >= 0.6 is 11.6 Å². The van der Waals surface area contributed by atoms with Crippen molar-refractivity contribution in [3.63, 3.8) is 0 Å². The zero-order chi connectivity index (χ0) is 22.5. The number of ketones is 1. The van der Waals surface area contributed by atoms with E-state index in [1.54, 1.807) is 19.2 Å². The first-order chi connectivity index (χ1) is 14.9. The molecule has 2 aromatic carbocycles. The van der Waals surface area contributed by atoms with Crippen LogP contribution in [0.25, 0.3) is 5.76 Å². The summed E-state index contributed by atoms with van der Waals surface area (Å²) in [4.78, 5) is 27.3. The van der Waals surface area contributed by atoms with Gasteiger partial charge < -0.3 is 19.5 Å². The van der Waals surface area contributed by atoms with Gasteiger partial charge in [-0.2, -0.15) is 0 Å². The van der Waals surface area contributed by atoms with Crippen molar-refractivity contribution in [2.75, 3.05) is 26.9 Å². The highest BCUT2D eigenvalue weighted by Gasteiger charge is 2.45. The number of aliphatic hydroxyl groups is 1. The van der Waals surface area contributed by atoms with Gasteiger partial charge in [0.15, 0.2) is 0 Å². The molecule has 3 rings (SSSR count). The molecule has 1 aliphatic heterocycles. The number of halogens is 1. The van der Waals surface area contributed by atoms with E-state index in [9.17, 15) is 14.7 Å². The van der Waals surface area contributed by atoms with Gasteiger partial charge >= 0.3 is 0 Å². The minimum absolute atomic E-state index is 0.0477. The Morgan fingerprint density at radius 1 is 1.16 bits per heavy atom. The van der Waals surface area contributed by atoms with Crippen LogP contribution in [-0.2, 0) is 14.3 Å². The minimum Gasteiger partial charge on any atom is -0.507 e. The van der Waals surface area contributed by atoms with Crippen molar-refractivity contribution in [3.05, 3.63) is 69.8 Å². The number of aryl methyl sites for hydroxylation is 1. The van der Waals surface area contributed by atoms with Crippen LogP contribution < -0.4 is 4.74 Å². The van der Waals surface area contributed by atoms with Crippen LogP contribution in [0.3, 0.4) is 0 Å². The number of rotatable bonds is 8. The summed E-state index contributed by atoms with van der Waals surface area (Å²) in [5, 5.41) is 11.4. The second-order valence-corrected chi connectivity index (χ2v) is 7.73. The molecular weight excluding hydrogens is 418 g/mol. The first kappa shape index (κ1) is 22.8. The fraction of sp³-hybridized carbons (Fsp3) is 0.333. The molecule has 7 heteroatoms. The number of methoxy groups -OCH3 is 1. The van der Waals surface area contributed by atoms with Gasteiger partial charge in [-0.05, 0) is 44.0 Å². The first-order valence-corrected chi connectivity index (χ1v) is 10.5. The predicted molar refractivity (Wildman–Crippen MR) is 119 cm³/mol. The summed E-state index contributed by atoms with van der Waals surface area (Å²) >= 11 is 6.27. The molecule has 164 valence electrons. The van der Waals surface area contributed by atoms with Crippen LogP contribution in [0.4, 0.5) is 0 Å². The van der Waals surface area contributed by atoms with Crippen LogP contribution in [0.15, 0.2) is 48.0 Å². The Labute approximate surface area is 187 Å². The van der Waals surface area contributed by atoms with Crippen molar-refractivity contribution in [3.8, 4) is 5.75 Å². The largest absolute Gasteiger partial charge is 0.507 e. The van der Waals surface area contributed by atoms with Gasteiger partial charge in [0.2, 0.25) is 0 Å². The summed E-state index contributed by atoms with van der Waals surface area (Å²) in [7, 11) is 1.58. The average Bonchev–Trinajstić information content (AvgIpc) is 3.00. The summed E-state index contributed by atoms with van der Waals surface area (Å²) in [6, 6.07) is 11.7. The van der Waals surface area contributed by atoms with E-state index >= 15 is 0 Å². The summed E-state index contributed by atoms with van der Waals surface area (Å²) < 4.78 is 10.5. The van der Waals surface area contributed by atoms with E-state index in [4.69, 9.17) is 21.1 Å². The monoisotopic (exact) mass is 443 g/mol. The van der Waals surface area contributed by atoms with Crippen molar-refractivity contribution >= 4 is 29.1 Å². The Kier molecular flexibility index (Phi) is 7.36. The Morgan fingerprint density at radius 3 is 2.48 bits per heavy atom. The SMILES string of the molecule is CCOc1ccc(/C(O)=C2\C(=O)C(=O)N(CCCOC)C2c2ccc(C)cc2)cc1Cl. The van der Waals surface area contributed by atoms with Gasteiger partial charge in [0.25, 0.3) is 11.7 Å². The third-order valence-corrected chi connectivity index (χ3v) is 5.48. The fourth-order valence-corrected chi connectivity index (χ4v) is 3.90. The molecule has 0 aromatic heterocycles. The lowest BCUT2D eigenvalue weighted by Gasteiger charge is -2.25. The molecule has 1 saturated heterocycles. The Hall–Kier alpha value is -2.83. The summed E-state index contributed by atoms with van der Waals surface area (Å²) in [6.07, 6.45) is 0.570. The molecule has 0 radical (unpaired) electrons. The second kappa shape index (κ2) is 9.98. The van der Waals surface area contributed by atoms with Crippen molar-refractivity contribution in [2.45, 2.75) is 26.3 Å². The number of aliphatic hydroxyl groups excluding tert-OH is 1. The zero-order valence-electron chi connectivity index (χ0n) is 17.9. The Morgan fingerprint density at radius 2 is 1.87 bits per heavy atom. The number of hydrogen-bond acceptors (Lipinski definition) is 5. The van der Waals surface area contributed by atoms with E-state index < -0.39 is 17.7 Å². The number of carbonyl (C=O) groups is 2. The lowest BCUT2D eigenvalue weighted by atomic mass is 9.94. The maximum absolute atomic E-state index is 13.0. The number of carbonyl (C=O) groups excluding carboxylic acids is 2. The Balaban J connectivity index is 2.10. The van der Waals surface area contributed by atoms with Crippen LogP contribution in [0, 0.1) is 6.92 Å². The molecule has 1 unspecified atom stereocenters. The first-order valence-electron chi connectivity index (χ1n) is 10.2. The number of Topliss-reactive ketones (excluding diaryl/α,β-unsaturated/α-hetero) is 1. The smallest absolute Gasteiger partial charge is 0.295 e. The molecule has 2 aromatic rings. The zero-order valence-corrected chi connectivity index (χ0v) is 18.6. The van der Waals surface area contributed by atoms with Gasteiger partial charge in [-0.15, -0.1) is 0 Å². The van der Waals surface area contributed by atoms with E-state index in [0.717, 1.165) is 11.1 Å². The highest BCUT2D eigenvalue weighted by atomic mass is 35.5. The second-order valence-electron chi connectivity index (χ2n) is 7.33. The minimum atomic E-state index is -0.717. The molecule has 31 heavy (non-hydrogen) atoms. The molecule has 0 aliphatic carbocycles. The van der Waals surface area contributed by atoms with Crippen LogP contribution in [0.1, 0.15) is 36.1 Å². The number of ether oxygens (including phenoxy) is 2. The number of amides is 1. The van der Waals surface area contributed by atoms with E-state index in [1.165, 1.54) is 11.0 Å². The molecule has 0 saturated carbocycles. The topological polar surface area (TPSA) is 76.1 Å². The van der Waals surface area contributed by atoms with Crippen molar-refractivity contribution in [1.82, 2.24) is 4.90 Å². The standard InChI is InChI=1S/C24H26ClNO5/c1-4-31-19-11-10-17(14-18(19)25)22(27)20-21(16-8-6-15(2)7-9-16)26(12-5-13-30-3)24(29)23(20)28/h6-11,14,21,27H,4-5,12-13H2,1-3H3/b22-20+. The fourth-order valence-electron chi connectivity index (χ4n) is 3.66. The molecule has 1 fully saturated rings. The van der Waals surface area contributed by atoms with E-state index in [0.29, 0.717) is 42.5 Å². The normalized spacial score (nSPS) is 17.9. The van der Waals surface area contributed by atoms with Crippen LogP contribution in [-0.4, -0.2) is 48.6 Å². The molecule has 6 nitrogen and oxygen atoms in total. The lowest BCUT2D eigenvalue weighted by Crippen LogP contribution is -2.31. The molecule has 0 spiro atoms. The molecule has 1 heterocycles. The highest BCUT2D eigenvalue weighted by Crippen LogP contribution is 2.40. The van der Waals surface area contributed by atoms with Gasteiger partial charge in [-0.1, -0.05) is 41.4 Å². The van der Waals surface area contributed by atoms with E-state index in [2.05, 4.69) is 0 Å². The number of likely N-dealkylation sites (tertiary alicyclic amines) is 1. The summed E-state index contributed by atoms with van der Waals surface area (Å²) in [5.41, 5.74) is 2.20. The van der Waals surface area contributed by atoms with E-state index in [1.807, 2.05) is 38.1 Å². The molecule has 0 bridgehead atoms. The number of hydrogen-bond donors (Lipinski definition) is 1. The summed E-state index contributed by atoms with van der Waals surface area (Å²) in [6.45, 7) is 5.04. The van der Waals surface area contributed by atoms with Crippen molar-refractivity contribution < 1.29 is 24.2 Å². The molecule has 1 amide bonds. The van der Waals surface area contributed by atoms with Crippen LogP contribution in [0.2, 0.25) is 5.02 Å². The molecule has 1 atom stereocenters. The number of nitrogens with zero attached hydrogens (tertiary/aromatic N) is 1. The number of benzene rings is 2. The van der Waals surface area contributed by atoms with Gasteiger partial charge in [0.05, 0.1) is 23.2 Å². The Bertz CT molecular complexity index is 1000. The molecule has 1 N–H and O–H groups in total. The van der Waals surface area contributed by atoms with Gasteiger partial charge in [0, 0.05) is 25.8 Å². The third kappa shape index (κ3) is 4.75. The van der Waals surface area contributed by atoms with Gasteiger partial charge in [0.1, 0.15) is 11.5 Å². The van der Waals surface area contributed by atoms with Crippen LogP contribution in [0.5, 0.6) is 5.75 Å². The summed E-state index contributed by atoms with van der Waals surface area (Å²) in [5.74, 6) is -1.13. The quantitative estimate of drug-likeness (QED) is 0.281.